The Bertz CT molecular complexity index is 1230. The standard InChI is InChI=1S/C23H24N4O3/c1-4-29-18-12-8-7-11-17(18)27-21(24)19(23(28)30-13-14(2)3)20-22(27)26-16-10-6-5-9-15(16)25-20/h5-12,14H,4,13,24H2,1-3H3. The maximum absolute atomic E-state index is 13.0. The van der Waals surface area contributed by atoms with Crippen LogP contribution in [0.2, 0.25) is 0 Å². The lowest BCUT2D eigenvalue weighted by atomic mass is 10.2. The molecule has 2 N–H and O–H groups in total. The second-order valence-electron chi connectivity index (χ2n) is 7.37. The van der Waals surface area contributed by atoms with Gasteiger partial charge in [-0.2, -0.15) is 0 Å². The molecule has 7 heteroatoms. The summed E-state index contributed by atoms with van der Waals surface area (Å²) in [5.41, 5.74) is 9.69. The third kappa shape index (κ3) is 3.43. The molecule has 30 heavy (non-hydrogen) atoms. The molecule has 0 aliphatic carbocycles. The van der Waals surface area contributed by atoms with Crippen LogP contribution in [0.1, 0.15) is 31.1 Å². The first-order chi connectivity index (χ1) is 14.5. The Balaban J connectivity index is 2.01. The zero-order valence-electron chi connectivity index (χ0n) is 17.3. The van der Waals surface area contributed by atoms with Crippen molar-refractivity contribution in [2.24, 2.45) is 5.92 Å². The predicted octanol–water partition coefficient (Wildman–Crippen LogP) is 4.37. The van der Waals surface area contributed by atoms with Crippen LogP contribution in [-0.4, -0.2) is 33.7 Å². The molecule has 0 unspecified atom stereocenters. The van der Waals surface area contributed by atoms with Crippen LogP contribution in [-0.2, 0) is 4.74 Å². The van der Waals surface area contributed by atoms with Gasteiger partial charge in [-0.3, -0.25) is 4.57 Å². The first kappa shape index (κ1) is 19.7. The lowest BCUT2D eigenvalue weighted by molar-refractivity contribution is 0.0462. The molecule has 154 valence electrons. The van der Waals surface area contributed by atoms with Crippen LogP contribution in [0.3, 0.4) is 0 Å². The number of para-hydroxylation sites is 4. The first-order valence-electron chi connectivity index (χ1n) is 9.97. The van der Waals surface area contributed by atoms with Crippen LogP contribution in [0.5, 0.6) is 5.75 Å². The van der Waals surface area contributed by atoms with Gasteiger partial charge in [-0.25, -0.2) is 14.8 Å². The van der Waals surface area contributed by atoms with Gasteiger partial charge in [0.1, 0.15) is 22.6 Å². The fourth-order valence-electron chi connectivity index (χ4n) is 3.34. The lowest BCUT2D eigenvalue weighted by Crippen LogP contribution is -2.12. The van der Waals surface area contributed by atoms with E-state index in [9.17, 15) is 4.79 Å². The van der Waals surface area contributed by atoms with Gasteiger partial charge in [0.05, 0.1) is 29.9 Å². The monoisotopic (exact) mass is 404 g/mol. The molecule has 0 radical (unpaired) electrons. The number of ether oxygens (including phenoxy) is 2. The number of anilines is 1. The van der Waals surface area contributed by atoms with Crippen LogP contribution in [0.25, 0.3) is 27.9 Å². The minimum atomic E-state index is -0.511. The molecule has 7 nitrogen and oxygen atoms in total. The molecule has 0 atom stereocenters. The van der Waals surface area contributed by atoms with E-state index in [1.54, 1.807) is 4.57 Å². The average Bonchev–Trinajstić information content (AvgIpc) is 3.01. The Kier molecular flexibility index (Phi) is 5.27. The molecule has 0 aliphatic heterocycles. The van der Waals surface area contributed by atoms with Crippen molar-refractivity contribution in [1.82, 2.24) is 14.5 Å². The molecule has 4 rings (SSSR count). The number of aromatic nitrogens is 3. The summed E-state index contributed by atoms with van der Waals surface area (Å²) < 4.78 is 13.0. The van der Waals surface area contributed by atoms with Gasteiger partial charge in [0.25, 0.3) is 0 Å². The maximum atomic E-state index is 13.0. The van der Waals surface area contributed by atoms with E-state index in [0.717, 1.165) is 0 Å². The minimum Gasteiger partial charge on any atom is -0.492 e. The van der Waals surface area contributed by atoms with E-state index in [1.165, 1.54) is 0 Å². The number of carbonyl (C=O) groups excluding carboxylic acids is 1. The summed E-state index contributed by atoms with van der Waals surface area (Å²) in [4.78, 5) is 22.4. The molecule has 4 aromatic rings. The quantitative estimate of drug-likeness (QED) is 0.480. The number of nitrogens with two attached hydrogens (primary N) is 1. The summed E-state index contributed by atoms with van der Waals surface area (Å²) in [7, 11) is 0. The highest BCUT2D eigenvalue weighted by Crippen LogP contribution is 2.35. The third-order valence-corrected chi connectivity index (χ3v) is 4.66. The molecular formula is C23H24N4O3. The van der Waals surface area contributed by atoms with Crippen molar-refractivity contribution in [2.45, 2.75) is 20.8 Å². The topological polar surface area (TPSA) is 92.3 Å². The predicted molar refractivity (Wildman–Crippen MR) is 117 cm³/mol. The Labute approximate surface area is 174 Å². The van der Waals surface area contributed by atoms with Gasteiger partial charge in [-0.15, -0.1) is 0 Å². The minimum absolute atomic E-state index is 0.203. The molecule has 2 aromatic carbocycles. The highest BCUT2D eigenvalue weighted by atomic mass is 16.5. The van der Waals surface area contributed by atoms with E-state index in [2.05, 4.69) is 0 Å². The molecule has 0 bridgehead atoms. The number of nitrogen functional groups attached to an aromatic ring is 1. The van der Waals surface area contributed by atoms with Crippen LogP contribution in [0, 0.1) is 5.92 Å². The van der Waals surface area contributed by atoms with Gasteiger partial charge in [0.2, 0.25) is 0 Å². The molecule has 2 aromatic heterocycles. The summed E-state index contributed by atoms with van der Waals surface area (Å²) in [6.45, 7) is 6.66. The summed E-state index contributed by atoms with van der Waals surface area (Å²) in [5.74, 6) is 0.555. The van der Waals surface area contributed by atoms with Gasteiger partial charge in [0, 0.05) is 0 Å². The number of fused-ring (bicyclic) bond motifs is 2. The van der Waals surface area contributed by atoms with Crippen LogP contribution < -0.4 is 10.5 Å². The highest BCUT2D eigenvalue weighted by Gasteiger charge is 2.27. The van der Waals surface area contributed by atoms with Gasteiger partial charge in [-0.05, 0) is 37.1 Å². The van der Waals surface area contributed by atoms with E-state index in [4.69, 9.17) is 25.2 Å². The van der Waals surface area contributed by atoms with Crippen molar-refractivity contribution in [3.05, 3.63) is 54.1 Å². The molecule has 0 aliphatic rings. The number of hydrogen-bond donors (Lipinski definition) is 1. The Hall–Kier alpha value is -3.61. The molecule has 0 spiro atoms. The van der Waals surface area contributed by atoms with E-state index < -0.39 is 5.97 Å². The Morgan fingerprint density at radius 1 is 1.07 bits per heavy atom. The van der Waals surface area contributed by atoms with Crippen molar-refractivity contribution in [3.63, 3.8) is 0 Å². The van der Waals surface area contributed by atoms with Crippen molar-refractivity contribution >= 4 is 34.0 Å². The maximum Gasteiger partial charge on any atom is 0.344 e. The Morgan fingerprint density at radius 2 is 1.73 bits per heavy atom. The van der Waals surface area contributed by atoms with E-state index in [1.807, 2.05) is 69.3 Å². The van der Waals surface area contributed by atoms with E-state index >= 15 is 0 Å². The molecule has 0 fully saturated rings. The van der Waals surface area contributed by atoms with Crippen LogP contribution in [0.15, 0.2) is 48.5 Å². The van der Waals surface area contributed by atoms with Crippen molar-refractivity contribution in [2.75, 3.05) is 18.9 Å². The fourth-order valence-corrected chi connectivity index (χ4v) is 3.34. The van der Waals surface area contributed by atoms with Crippen molar-refractivity contribution in [1.29, 1.82) is 0 Å². The summed E-state index contributed by atoms with van der Waals surface area (Å²) in [6.07, 6.45) is 0. The number of esters is 1. The second-order valence-corrected chi connectivity index (χ2v) is 7.37. The average molecular weight is 404 g/mol. The van der Waals surface area contributed by atoms with Crippen LogP contribution >= 0.6 is 0 Å². The van der Waals surface area contributed by atoms with Gasteiger partial charge in [-0.1, -0.05) is 38.1 Å². The zero-order valence-corrected chi connectivity index (χ0v) is 17.3. The summed E-state index contributed by atoms with van der Waals surface area (Å²) in [6, 6.07) is 15.0. The SMILES string of the molecule is CCOc1ccccc1-n1c(N)c(C(=O)OCC(C)C)c2nc3ccccc3nc21. The number of rotatable bonds is 6. The molecule has 0 saturated carbocycles. The van der Waals surface area contributed by atoms with E-state index in [0.29, 0.717) is 46.8 Å². The van der Waals surface area contributed by atoms with Gasteiger partial charge < -0.3 is 15.2 Å². The first-order valence-corrected chi connectivity index (χ1v) is 9.97. The fraction of sp³-hybridized carbons (Fsp3) is 0.261. The Morgan fingerprint density at radius 3 is 2.43 bits per heavy atom. The number of hydrogen-bond acceptors (Lipinski definition) is 6. The second kappa shape index (κ2) is 8.02. The molecule has 0 amide bonds. The molecule has 0 saturated heterocycles. The van der Waals surface area contributed by atoms with Crippen molar-refractivity contribution < 1.29 is 14.3 Å². The number of benzene rings is 2. The molecular weight excluding hydrogens is 380 g/mol. The third-order valence-electron chi connectivity index (χ3n) is 4.66. The smallest absolute Gasteiger partial charge is 0.344 e. The lowest BCUT2D eigenvalue weighted by Gasteiger charge is -2.13. The largest absolute Gasteiger partial charge is 0.492 e. The van der Waals surface area contributed by atoms with Gasteiger partial charge >= 0.3 is 5.97 Å². The summed E-state index contributed by atoms with van der Waals surface area (Å²) >= 11 is 0. The number of carbonyl (C=O) groups is 1. The van der Waals surface area contributed by atoms with Crippen molar-refractivity contribution in [3.8, 4) is 11.4 Å². The highest BCUT2D eigenvalue weighted by molar-refractivity contribution is 6.09. The summed E-state index contributed by atoms with van der Waals surface area (Å²) in [5, 5.41) is 0. The van der Waals surface area contributed by atoms with E-state index in [-0.39, 0.29) is 17.3 Å². The van der Waals surface area contributed by atoms with Crippen LogP contribution in [0.4, 0.5) is 5.82 Å². The molecule has 2 heterocycles. The van der Waals surface area contributed by atoms with Gasteiger partial charge in [0.15, 0.2) is 5.65 Å². The normalized spacial score (nSPS) is 11.3. The number of nitrogens with zero attached hydrogens (tertiary/aromatic N) is 3. The zero-order chi connectivity index (χ0) is 21.3.